The fourth-order valence-corrected chi connectivity index (χ4v) is 4.14. The molecule has 2 aliphatic rings. The Morgan fingerprint density at radius 2 is 1.57 bits per heavy atom. The van der Waals surface area contributed by atoms with Crippen LogP contribution in [-0.4, -0.2) is 63.2 Å². The molecule has 4 heteroatoms. The third-order valence-electron chi connectivity index (χ3n) is 5.55. The largest absolute Gasteiger partial charge is 0.368 e. The maximum Gasteiger partial charge on any atom is 0.123 e. The van der Waals surface area contributed by atoms with Crippen molar-refractivity contribution in [3.05, 3.63) is 65.5 Å². The van der Waals surface area contributed by atoms with Crippen LogP contribution in [0.3, 0.4) is 0 Å². The summed E-state index contributed by atoms with van der Waals surface area (Å²) in [7, 11) is 6.00. The van der Waals surface area contributed by atoms with Gasteiger partial charge >= 0.3 is 0 Å². The van der Waals surface area contributed by atoms with Gasteiger partial charge in [0, 0.05) is 37.9 Å². The number of nitrogens with zero attached hydrogens (tertiary/aromatic N) is 3. The van der Waals surface area contributed by atoms with E-state index >= 15 is 0 Å². The lowest BCUT2D eigenvalue weighted by Crippen LogP contribution is -2.44. The van der Waals surface area contributed by atoms with Gasteiger partial charge in [0.15, 0.2) is 0 Å². The molecule has 28 heavy (non-hydrogen) atoms. The number of anilines is 1. The summed E-state index contributed by atoms with van der Waals surface area (Å²) in [4.78, 5) is 7.19. The van der Waals surface area contributed by atoms with Crippen molar-refractivity contribution in [1.82, 2.24) is 9.80 Å². The zero-order valence-electron chi connectivity index (χ0n) is 17.6. The molecule has 4 rings (SSSR count). The van der Waals surface area contributed by atoms with Crippen molar-refractivity contribution in [2.24, 2.45) is 0 Å². The van der Waals surface area contributed by atoms with Crippen molar-refractivity contribution in [2.75, 3.05) is 52.2 Å². The van der Waals surface area contributed by atoms with E-state index in [1.165, 1.54) is 55.7 Å². The molecule has 0 atom stereocenters. The summed E-state index contributed by atoms with van der Waals surface area (Å²) in [6, 6.07) is 16.5. The van der Waals surface area contributed by atoms with Crippen LogP contribution in [0, 0.1) is 5.82 Å². The summed E-state index contributed by atoms with van der Waals surface area (Å²) in [5.41, 5.74) is 4.20. The Kier molecular flexibility index (Phi) is 7.46. The number of rotatable bonds is 4. The lowest BCUT2D eigenvalue weighted by Gasteiger charge is -2.38. The number of hydrogen-bond donors (Lipinski definition) is 0. The maximum absolute atomic E-state index is 13.0. The molecule has 2 aliphatic heterocycles. The topological polar surface area (TPSA) is 9.72 Å². The molecule has 0 bridgehead atoms. The van der Waals surface area contributed by atoms with Gasteiger partial charge in [-0.05, 0) is 76.2 Å². The molecule has 0 N–H and O–H groups in total. The van der Waals surface area contributed by atoms with E-state index in [1.54, 1.807) is 12.1 Å². The predicted molar refractivity (Wildman–Crippen MR) is 117 cm³/mol. The Morgan fingerprint density at radius 3 is 2.25 bits per heavy atom. The number of halogens is 1. The van der Waals surface area contributed by atoms with Gasteiger partial charge in [-0.15, -0.1) is 0 Å². The minimum Gasteiger partial charge on any atom is -0.368 e. The molecule has 0 spiro atoms. The molecule has 0 aromatic heterocycles. The highest BCUT2D eigenvalue weighted by atomic mass is 19.1. The van der Waals surface area contributed by atoms with E-state index in [0.29, 0.717) is 6.04 Å². The average molecular weight is 384 g/mol. The van der Waals surface area contributed by atoms with Crippen LogP contribution in [0.2, 0.25) is 0 Å². The molecule has 1 saturated heterocycles. The number of piperidine rings is 1. The van der Waals surface area contributed by atoms with Crippen molar-refractivity contribution in [1.29, 1.82) is 0 Å². The van der Waals surface area contributed by atoms with Crippen molar-refractivity contribution in [2.45, 2.75) is 31.7 Å². The second kappa shape index (κ2) is 10.0. The Hall–Kier alpha value is -1.91. The highest BCUT2D eigenvalue weighted by Crippen LogP contribution is 2.32. The van der Waals surface area contributed by atoms with Crippen LogP contribution in [0.25, 0.3) is 0 Å². The number of benzene rings is 2. The predicted octanol–water partition coefficient (Wildman–Crippen LogP) is 4.07. The van der Waals surface area contributed by atoms with E-state index in [9.17, 15) is 4.39 Å². The van der Waals surface area contributed by atoms with Crippen LogP contribution >= 0.6 is 0 Å². The molecule has 0 saturated carbocycles. The quantitative estimate of drug-likeness (QED) is 0.788. The van der Waals surface area contributed by atoms with Gasteiger partial charge in [-0.25, -0.2) is 4.39 Å². The highest BCUT2D eigenvalue weighted by molar-refractivity contribution is 5.58. The second-order valence-corrected chi connectivity index (χ2v) is 8.36. The zero-order chi connectivity index (χ0) is 19.9. The van der Waals surface area contributed by atoms with Crippen molar-refractivity contribution in [3.8, 4) is 0 Å². The first-order valence-corrected chi connectivity index (χ1v) is 10.4. The first-order chi connectivity index (χ1) is 13.5. The van der Waals surface area contributed by atoms with Gasteiger partial charge in [0.25, 0.3) is 0 Å². The van der Waals surface area contributed by atoms with Crippen LogP contribution in [-0.2, 0) is 12.8 Å². The van der Waals surface area contributed by atoms with Crippen LogP contribution in [0.4, 0.5) is 10.1 Å². The number of hydrogen-bond acceptors (Lipinski definition) is 3. The molecule has 2 aromatic carbocycles. The molecule has 0 radical (unpaired) electrons. The molecule has 0 unspecified atom stereocenters. The molecule has 3 nitrogen and oxygen atoms in total. The monoisotopic (exact) mass is 383 g/mol. The van der Waals surface area contributed by atoms with Gasteiger partial charge in [0.2, 0.25) is 0 Å². The summed E-state index contributed by atoms with van der Waals surface area (Å²) in [6.45, 7) is 4.60. The standard InChI is InChI=1S/C21H25FN2.C3H9N/c22-19-7-5-17(6-8-19)9-13-23-14-11-20(12-15-23)24-16-10-18-3-1-2-4-21(18)24;1-4(2)3/h1-8,20H,9-16H2;1-3H3. The Morgan fingerprint density at radius 1 is 0.929 bits per heavy atom. The fraction of sp³-hybridized carbons (Fsp3) is 0.500. The third kappa shape index (κ3) is 5.79. The highest BCUT2D eigenvalue weighted by Gasteiger charge is 2.28. The van der Waals surface area contributed by atoms with Crippen LogP contribution in [0.1, 0.15) is 24.0 Å². The van der Waals surface area contributed by atoms with Gasteiger partial charge in [0.05, 0.1) is 0 Å². The van der Waals surface area contributed by atoms with Crippen molar-refractivity contribution < 1.29 is 4.39 Å². The molecule has 1 fully saturated rings. The molecule has 2 heterocycles. The summed E-state index contributed by atoms with van der Waals surface area (Å²) < 4.78 is 13.0. The third-order valence-corrected chi connectivity index (χ3v) is 5.55. The van der Waals surface area contributed by atoms with E-state index in [4.69, 9.17) is 0 Å². The van der Waals surface area contributed by atoms with Gasteiger partial charge in [-0.1, -0.05) is 30.3 Å². The number of fused-ring (bicyclic) bond motifs is 1. The number of likely N-dealkylation sites (tertiary alicyclic amines) is 1. The minimum atomic E-state index is -0.148. The van der Waals surface area contributed by atoms with E-state index in [-0.39, 0.29) is 5.82 Å². The molecular formula is C24H34FN3. The number of para-hydroxylation sites is 1. The summed E-state index contributed by atoms with van der Waals surface area (Å²) in [6.07, 6.45) is 4.70. The molecule has 0 amide bonds. The summed E-state index contributed by atoms with van der Waals surface area (Å²) >= 11 is 0. The molecule has 0 aliphatic carbocycles. The molecular weight excluding hydrogens is 349 g/mol. The van der Waals surface area contributed by atoms with Crippen LogP contribution < -0.4 is 4.90 Å². The van der Waals surface area contributed by atoms with E-state index in [2.05, 4.69) is 34.1 Å². The Balaban J connectivity index is 0.000000516. The fourth-order valence-electron chi connectivity index (χ4n) is 4.14. The van der Waals surface area contributed by atoms with Crippen LogP contribution in [0.15, 0.2) is 48.5 Å². The van der Waals surface area contributed by atoms with E-state index in [0.717, 1.165) is 13.0 Å². The van der Waals surface area contributed by atoms with Crippen LogP contribution in [0.5, 0.6) is 0 Å². The minimum absolute atomic E-state index is 0.148. The lowest BCUT2D eigenvalue weighted by atomic mass is 10.0. The van der Waals surface area contributed by atoms with Gasteiger partial charge in [-0.3, -0.25) is 0 Å². The van der Waals surface area contributed by atoms with Gasteiger partial charge in [0.1, 0.15) is 5.82 Å². The van der Waals surface area contributed by atoms with E-state index < -0.39 is 0 Å². The normalized spacial score (nSPS) is 17.4. The molecule has 2 aromatic rings. The van der Waals surface area contributed by atoms with E-state index in [1.807, 2.05) is 38.2 Å². The smallest absolute Gasteiger partial charge is 0.123 e. The SMILES string of the molecule is CN(C)C.Fc1ccc(CCN2CCC(N3CCc4ccccc43)CC2)cc1. The second-order valence-electron chi connectivity index (χ2n) is 8.36. The van der Waals surface area contributed by atoms with Gasteiger partial charge in [-0.2, -0.15) is 0 Å². The summed E-state index contributed by atoms with van der Waals surface area (Å²) in [5.74, 6) is -0.148. The zero-order valence-corrected chi connectivity index (χ0v) is 17.6. The first kappa shape index (κ1) is 20.8. The average Bonchev–Trinajstić information content (AvgIpc) is 3.12. The Labute approximate surface area is 169 Å². The first-order valence-electron chi connectivity index (χ1n) is 10.4. The lowest BCUT2D eigenvalue weighted by molar-refractivity contribution is 0.212. The van der Waals surface area contributed by atoms with Crippen molar-refractivity contribution in [3.63, 3.8) is 0 Å². The van der Waals surface area contributed by atoms with Gasteiger partial charge < -0.3 is 14.7 Å². The molecule has 152 valence electrons. The van der Waals surface area contributed by atoms with Crippen molar-refractivity contribution >= 4 is 5.69 Å². The Bertz CT molecular complexity index is 718. The maximum atomic E-state index is 13.0. The summed E-state index contributed by atoms with van der Waals surface area (Å²) in [5, 5.41) is 0.